The fraction of sp³-hybridized carbons (Fsp3) is 0.593. The van der Waals surface area contributed by atoms with Crippen LogP contribution in [0, 0.1) is 34.0 Å². The molecule has 7 heteroatoms. The van der Waals surface area contributed by atoms with Gasteiger partial charge in [0.1, 0.15) is 12.2 Å². The molecule has 0 amide bonds. The molecule has 9 atom stereocenters. The van der Waals surface area contributed by atoms with Gasteiger partial charge in [0, 0.05) is 34.7 Å². The van der Waals surface area contributed by atoms with E-state index in [0.29, 0.717) is 0 Å². The highest BCUT2D eigenvalue weighted by molar-refractivity contribution is 6.00. The van der Waals surface area contributed by atoms with Gasteiger partial charge in [-0.25, -0.2) is 0 Å². The Labute approximate surface area is 198 Å². The van der Waals surface area contributed by atoms with Crippen molar-refractivity contribution in [2.24, 2.45) is 34.0 Å². The summed E-state index contributed by atoms with van der Waals surface area (Å²) < 4.78 is 23.5. The third-order valence-electron chi connectivity index (χ3n) is 10.1. The van der Waals surface area contributed by atoms with Gasteiger partial charge in [-0.2, -0.15) is 0 Å². The number of hydrogen-bond donors (Lipinski definition) is 0. The summed E-state index contributed by atoms with van der Waals surface area (Å²) in [5.74, 6) is -1.62. The van der Waals surface area contributed by atoms with Crippen molar-refractivity contribution >= 4 is 23.3 Å². The third-order valence-corrected chi connectivity index (χ3v) is 10.1. The summed E-state index contributed by atoms with van der Waals surface area (Å²) in [6.45, 7) is 7.95. The van der Waals surface area contributed by atoms with Crippen LogP contribution in [0.5, 0.6) is 0 Å². The van der Waals surface area contributed by atoms with Crippen LogP contribution in [0.4, 0.5) is 0 Å². The second-order valence-electron chi connectivity index (χ2n) is 11.4. The molecule has 7 nitrogen and oxygen atoms in total. The first-order valence-electron chi connectivity index (χ1n) is 12.0. The number of hydrogen-bond acceptors (Lipinski definition) is 7. The van der Waals surface area contributed by atoms with Crippen molar-refractivity contribution in [1.29, 1.82) is 0 Å². The van der Waals surface area contributed by atoms with Crippen LogP contribution >= 0.6 is 0 Å². The van der Waals surface area contributed by atoms with Gasteiger partial charge < -0.3 is 18.6 Å². The van der Waals surface area contributed by atoms with Crippen molar-refractivity contribution in [2.45, 2.75) is 58.3 Å². The van der Waals surface area contributed by atoms with Crippen molar-refractivity contribution in [3.8, 4) is 0 Å². The monoisotopic (exact) mass is 466 g/mol. The number of allylic oxidation sites excluding steroid dienone is 2. The number of ketones is 1. The van der Waals surface area contributed by atoms with E-state index in [1.807, 2.05) is 19.9 Å². The van der Waals surface area contributed by atoms with Crippen molar-refractivity contribution in [3.05, 3.63) is 42.4 Å². The lowest BCUT2D eigenvalue weighted by Crippen LogP contribution is -2.67. The van der Waals surface area contributed by atoms with Gasteiger partial charge in [-0.1, -0.05) is 26.0 Å². The number of carbonyl (C=O) groups excluding carboxylic acids is 3. The molecule has 3 aliphatic carbocycles. The van der Waals surface area contributed by atoms with E-state index in [4.69, 9.17) is 18.6 Å². The number of furan rings is 1. The molecule has 5 aliphatic rings. The smallest absolute Gasteiger partial charge is 0.316 e. The van der Waals surface area contributed by atoms with Crippen molar-refractivity contribution in [1.82, 2.24) is 0 Å². The molecule has 2 aliphatic heterocycles. The maximum atomic E-state index is 13.7. The van der Waals surface area contributed by atoms with E-state index in [2.05, 4.69) is 19.9 Å². The Bertz CT molecular complexity index is 1160. The van der Waals surface area contributed by atoms with Crippen molar-refractivity contribution in [2.75, 3.05) is 7.11 Å². The van der Waals surface area contributed by atoms with Crippen LogP contribution in [-0.4, -0.2) is 42.6 Å². The average molecular weight is 467 g/mol. The third kappa shape index (κ3) is 2.25. The van der Waals surface area contributed by atoms with E-state index < -0.39 is 45.9 Å². The molecule has 180 valence electrons. The molecule has 3 fully saturated rings. The molecule has 1 aromatic heterocycles. The zero-order valence-corrected chi connectivity index (χ0v) is 20.1. The minimum absolute atomic E-state index is 0.0217. The van der Waals surface area contributed by atoms with Gasteiger partial charge in [0.25, 0.3) is 0 Å². The Kier molecular flexibility index (Phi) is 4.18. The van der Waals surface area contributed by atoms with Gasteiger partial charge in [-0.15, -0.1) is 0 Å². The zero-order chi connectivity index (χ0) is 24.3. The Balaban J connectivity index is 1.56. The molecule has 0 unspecified atom stereocenters. The number of methoxy groups -OCH3 is 1. The minimum Gasteiger partial charge on any atom is -0.472 e. The first-order chi connectivity index (χ1) is 16.0. The quantitative estimate of drug-likeness (QED) is 0.627. The fourth-order valence-electron chi connectivity index (χ4n) is 8.57. The Morgan fingerprint density at radius 3 is 2.65 bits per heavy atom. The van der Waals surface area contributed by atoms with Gasteiger partial charge in [0.2, 0.25) is 0 Å². The largest absolute Gasteiger partial charge is 0.472 e. The van der Waals surface area contributed by atoms with Gasteiger partial charge in [0.15, 0.2) is 5.78 Å². The summed E-state index contributed by atoms with van der Waals surface area (Å²) in [5, 5.41) is 0. The van der Waals surface area contributed by atoms with Gasteiger partial charge in [-0.3, -0.25) is 14.4 Å². The first-order valence-corrected chi connectivity index (χ1v) is 12.0. The molecule has 6 rings (SSSR count). The Hall–Kier alpha value is -2.67. The molecular formula is C27H30O7. The molecule has 0 aromatic carbocycles. The van der Waals surface area contributed by atoms with Crippen molar-refractivity contribution < 1.29 is 33.0 Å². The van der Waals surface area contributed by atoms with E-state index in [1.54, 1.807) is 18.6 Å². The summed E-state index contributed by atoms with van der Waals surface area (Å²) in [6, 6.07) is 1.92. The lowest BCUT2D eigenvalue weighted by Gasteiger charge is -2.60. The van der Waals surface area contributed by atoms with Crippen LogP contribution < -0.4 is 0 Å². The number of fused-ring (bicyclic) bond motifs is 4. The maximum absolute atomic E-state index is 13.7. The summed E-state index contributed by atoms with van der Waals surface area (Å²) in [6.07, 6.45) is 8.49. The lowest BCUT2D eigenvalue weighted by atomic mass is 9.41. The molecule has 0 N–H and O–H groups in total. The highest BCUT2D eigenvalue weighted by atomic mass is 16.6. The zero-order valence-electron chi connectivity index (χ0n) is 20.1. The van der Waals surface area contributed by atoms with Crippen LogP contribution in [0.1, 0.15) is 46.1 Å². The predicted molar refractivity (Wildman–Crippen MR) is 120 cm³/mol. The van der Waals surface area contributed by atoms with Crippen LogP contribution in [0.15, 0.2) is 41.2 Å². The number of esters is 2. The summed E-state index contributed by atoms with van der Waals surface area (Å²) in [7, 11) is 1.37. The topological polar surface area (TPSA) is 92.0 Å². The fourth-order valence-corrected chi connectivity index (χ4v) is 8.57. The molecular weight excluding hydrogens is 436 g/mol. The van der Waals surface area contributed by atoms with Crippen LogP contribution in [0.3, 0.4) is 0 Å². The van der Waals surface area contributed by atoms with E-state index in [-0.39, 0.29) is 30.1 Å². The Morgan fingerprint density at radius 1 is 1.21 bits per heavy atom. The van der Waals surface area contributed by atoms with Crippen molar-refractivity contribution in [3.63, 3.8) is 0 Å². The lowest BCUT2D eigenvalue weighted by molar-refractivity contribution is -0.196. The minimum atomic E-state index is -0.979. The standard InChI is InChI=1S/C27H30O7/c1-24-10-8-18(28)26(3)17(12-19(29)31-5)25(2)16-7-6-15(14-9-11-32-13-14)27(16,4)34-22(25)20(21(24)26)33-23(24)30/h6,8-11,13,16-17,20-22H,7,12H2,1-5H3/t16-,17+,20-,21+,22-,24-,25+,26+,27-/m1/s1. The van der Waals surface area contributed by atoms with Gasteiger partial charge in [0.05, 0.1) is 30.7 Å². The van der Waals surface area contributed by atoms with E-state index in [1.165, 1.54) is 13.2 Å². The summed E-state index contributed by atoms with van der Waals surface area (Å²) in [4.78, 5) is 39.7. The maximum Gasteiger partial charge on any atom is 0.316 e. The van der Waals surface area contributed by atoms with E-state index in [0.717, 1.165) is 17.6 Å². The van der Waals surface area contributed by atoms with Crippen LogP contribution in [-0.2, 0) is 28.6 Å². The second kappa shape index (κ2) is 6.51. The molecule has 0 radical (unpaired) electrons. The summed E-state index contributed by atoms with van der Waals surface area (Å²) in [5.41, 5.74) is -1.24. The highest BCUT2D eigenvalue weighted by Gasteiger charge is 2.80. The van der Waals surface area contributed by atoms with Crippen LogP contribution in [0.2, 0.25) is 0 Å². The second-order valence-corrected chi connectivity index (χ2v) is 11.4. The van der Waals surface area contributed by atoms with E-state index >= 15 is 0 Å². The average Bonchev–Trinajstić information content (AvgIpc) is 3.53. The number of carbonyl (C=O) groups is 3. The highest BCUT2D eigenvalue weighted by Crippen LogP contribution is 2.73. The van der Waals surface area contributed by atoms with Gasteiger partial charge in [-0.05, 0) is 43.9 Å². The summed E-state index contributed by atoms with van der Waals surface area (Å²) >= 11 is 0. The molecule has 2 saturated heterocycles. The van der Waals surface area contributed by atoms with E-state index in [9.17, 15) is 14.4 Å². The normalized spacial score (nSPS) is 48.1. The van der Waals surface area contributed by atoms with Gasteiger partial charge >= 0.3 is 11.9 Å². The molecule has 3 heterocycles. The molecule has 1 aromatic rings. The molecule has 1 saturated carbocycles. The molecule has 0 spiro atoms. The number of rotatable bonds is 3. The Morgan fingerprint density at radius 2 is 1.97 bits per heavy atom. The molecule has 34 heavy (non-hydrogen) atoms. The van der Waals surface area contributed by atoms with Crippen LogP contribution in [0.25, 0.3) is 5.57 Å². The predicted octanol–water partition coefficient (Wildman–Crippen LogP) is 3.73. The first kappa shape index (κ1) is 21.8. The SMILES string of the molecule is COC(=O)C[C@@H]1[C@@]2(C)C(=O)C=C[C@@]3(C)C(=O)O[C@@H]([C@H]4O[C@]5(C)C(c6ccoc6)=CC[C@@H]5[C@]41C)[C@H]23. The number of ether oxygens (including phenoxy) is 3. The molecule has 0 bridgehead atoms.